The van der Waals surface area contributed by atoms with Crippen LogP contribution in [0.2, 0.25) is 0 Å². The molecule has 188 valence electrons. The highest BCUT2D eigenvalue weighted by molar-refractivity contribution is 5.58. The summed E-state index contributed by atoms with van der Waals surface area (Å²) in [6, 6.07) is 1.82. The Morgan fingerprint density at radius 2 is 1.60 bits per heavy atom. The monoisotopic (exact) mass is 482 g/mol. The summed E-state index contributed by atoms with van der Waals surface area (Å²) < 4.78 is 51.8. The molecular weight excluding hydrogens is 445 g/mol. The average molecular weight is 483 g/mol. The molecule has 1 aromatic carbocycles. The zero-order valence-electron chi connectivity index (χ0n) is 20.6. The van der Waals surface area contributed by atoms with Gasteiger partial charge in [0, 0.05) is 11.5 Å². The van der Waals surface area contributed by atoms with E-state index in [9.17, 15) is 0 Å². The first-order chi connectivity index (χ1) is 17.0. The average Bonchev–Trinajstić information content (AvgIpc) is 2.88. The van der Waals surface area contributed by atoms with E-state index < -0.39 is 23.4 Å². The second kappa shape index (κ2) is 10.4. The zero-order chi connectivity index (χ0) is 24.5. The number of rotatable bonds is 8. The van der Waals surface area contributed by atoms with Crippen LogP contribution in [0.5, 0.6) is 0 Å². The lowest BCUT2D eigenvalue weighted by molar-refractivity contribution is 0.132. The maximum Gasteiger partial charge on any atom is 0.163 e. The smallest absolute Gasteiger partial charge is 0.163 e. The van der Waals surface area contributed by atoms with Crippen LogP contribution >= 0.6 is 0 Å². The van der Waals surface area contributed by atoms with Gasteiger partial charge in [-0.1, -0.05) is 24.3 Å². The van der Waals surface area contributed by atoms with Crippen LogP contribution in [-0.2, 0) is 4.74 Å². The zero-order valence-corrected chi connectivity index (χ0v) is 20.6. The Bertz CT molecular complexity index is 1020. The molecule has 4 heteroatoms. The van der Waals surface area contributed by atoms with E-state index >= 15 is 13.2 Å². The Morgan fingerprint density at radius 3 is 2.29 bits per heavy atom. The highest BCUT2D eigenvalue weighted by Gasteiger charge is 2.46. The van der Waals surface area contributed by atoms with Crippen LogP contribution in [0.1, 0.15) is 98.7 Å². The minimum absolute atomic E-state index is 0.0388. The van der Waals surface area contributed by atoms with E-state index in [4.69, 9.17) is 4.74 Å². The Kier molecular flexibility index (Phi) is 7.27. The van der Waals surface area contributed by atoms with Gasteiger partial charge in [0.2, 0.25) is 0 Å². The van der Waals surface area contributed by atoms with E-state index in [1.165, 1.54) is 0 Å². The fourth-order valence-electron chi connectivity index (χ4n) is 6.79. The summed E-state index contributed by atoms with van der Waals surface area (Å²) in [6.45, 7) is 8.14. The molecule has 0 bridgehead atoms. The molecule has 0 saturated heterocycles. The molecule has 4 aliphatic carbocycles. The Balaban J connectivity index is 1.27. The van der Waals surface area contributed by atoms with Crippen LogP contribution in [0.25, 0.3) is 0 Å². The Hall–Kier alpha value is -2.23. The molecule has 35 heavy (non-hydrogen) atoms. The van der Waals surface area contributed by atoms with Crippen LogP contribution in [0.3, 0.4) is 0 Å². The molecule has 2 atom stereocenters. The molecule has 4 aliphatic rings. The number of hydrogen-bond acceptors (Lipinski definition) is 1. The van der Waals surface area contributed by atoms with Gasteiger partial charge in [0.25, 0.3) is 0 Å². The van der Waals surface area contributed by atoms with Gasteiger partial charge in [-0.25, -0.2) is 13.2 Å². The van der Waals surface area contributed by atoms with Gasteiger partial charge in [-0.15, -0.1) is 13.2 Å². The van der Waals surface area contributed by atoms with E-state index in [-0.39, 0.29) is 23.2 Å². The minimum atomic E-state index is -0.861. The fourth-order valence-corrected chi connectivity index (χ4v) is 6.79. The Labute approximate surface area is 207 Å². The lowest BCUT2D eigenvalue weighted by Crippen LogP contribution is -2.30. The van der Waals surface area contributed by atoms with Crippen molar-refractivity contribution in [3.05, 3.63) is 83.4 Å². The van der Waals surface area contributed by atoms with Crippen LogP contribution in [-0.4, -0.2) is 6.61 Å². The van der Waals surface area contributed by atoms with Crippen molar-refractivity contribution in [1.82, 2.24) is 0 Å². The molecule has 1 nitrogen and oxygen atoms in total. The highest BCUT2D eigenvalue weighted by atomic mass is 19.2. The topological polar surface area (TPSA) is 9.23 Å². The summed E-state index contributed by atoms with van der Waals surface area (Å²) in [6.07, 6.45) is 17.8. The first-order valence-corrected chi connectivity index (χ1v) is 13.5. The van der Waals surface area contributed by atoms with E-state index in [1.807, 2.05) is 24.3 Å². The van der Waals surface area contributed by atoms with E-state index in [0.29, 0.717) is 29.9 Å². The predicted molar refractivity (Wildman–Crippen MR) is 135 cm³/mol. The molecule has 2 saturated carbocycles. The van der Waals surface area contributed by atoms with Gasteiger partial charge in [0.15, 0.2) is 23.2 Å². The van der Waals surface area contributed by atoms with Crippen molar-refractivity contribution in [3.8, 4) is 0 Å². The first kappa shape index (κ1) is 24.5. The summed E-state index contributed by atoms with van der Waals surface area (Å²) in [4.78, 5) is 0. The molecule has 0 N–H and O–H groups in total. The number of ether oxygens (including phenoxy) is 1. The Morgan fingerprint density at radius 1 is 0.886 bits per heavy atom. The van der Waals surface area contributed by atoms with Crippen LogP contribution < -0.4 is 0 Å². The quantitative estimate of drug-likeness (QED) is 0.336. The van der Waals surface area contributed by atoms with E-state index in [0.717, 1.165) is 69.8 Å². The number of halogens is 3. The van der Waals surface area contributed by atoms with Crippen molar-refractivity contribution in [2.75, 3.05) is 6.61 Å². The number of allylic oxidation sites excluding steroid dienone is 5. The molecule has 5 rings (SSSR count). The summed E-state index contributed by atoms with van der Waals surface area (Å²) in [5, 5.41) is 0. The van der Waals surface area contributed by atoms with Gasteiger partial charge in [-0.2, -0.15) is 0 Å². The molecular formula is C31H37F3O. The lowest BCUT2D eigenvalue weighted by Gasteiger charge is -2.41. The number of benzene rings is 1. The van der Waals surface area contributed by atoms with Crippen molar-refractivity contribution in [3.63, 3.8) is 0 Å². The summed E-state index contributed by atoms with van der Waals surface area (Å²) in [5.41, 5.74) is 1.41. The molecule has 0 heterocycles. The van der Waals surface area contributed by atoms with Gasteiger partial charge < -0.3 is 4.74 Å². The maximum atomic E-state index is 15.4. The third kappa shape index (κ3) is 4.66. The molecule has 0 amide bonds. The molecule has 0 aliphatic heterocycles. The van der Waals surface area contributed by atoms with Crippen molar-refractivity contribution in [2.45, 2.75) is 82.0 Å². The van der Waals surface area contributed by atoms with Gasteiger partial charge in [-0.3, -0.25) is 0 Å². The number of hydrogen-bond donors (Lipinski definition) is 0. The van der Waals surface area contributed by atoms with Crippen molar-refractivity contribution >= 4 is 0 Å². The number of fused-ring (bicyclic) bond motifs is 4. The van der Waals surface area contributed by atoms with Crippen LogP contribution in [0.4, 0.5) is 13.2 Å². The predicted octanol–water partition coefficient (Wildman–Crippen LogP) is 9.15. The lowest BCUT2D eigenvalue weighted by atomic mass is 9.63. The third-order valence-electron chi connectivity index (χ3n) is 9.06. The fraction of sp³-hybridized carbons (Fsp3) is 0.548. The molecule has 1 aromatic rings. The van der Waals surface area contributed by atoms with Crippen molar-refractivity contribution in [2.24, 2.45) is 17.8 Å². The van der Waals surface area contributed by atoms with Gasteiger partial charge in [-0.05, 0) is 105 Å². The first-order valence-electron chi connectivity index (χ1n) is 13.5. The van der Waals surface area contributed by atoms with E-state index in [1.54, 1.807) is 6.08 Å². The second-order valence-corrected chi connectivity index (χ2v) is 11.1. The summed E-state index contributed by atoms with van der Waals surface area (Å²) in [7, 11) is 0. The molecule has 2 unspecified atom stereocenters. The third-order valence-corrected chi connectivity index (χ3v) is 9.06. The summed E-state index contributed by atoms with van der Waals surface area (Å²) >= 11 is 0. The van der Waals surface area contributed by atoms with Crippen molar-refractivity contribution < 1.29 is 17.9 Å². The van der Waals surface area contributed by atoms with Gasteiger partial charge in [0.1, 0.15) is 0 Å². The largest absolute Gasteiger partial charge is 0.491 e. The normalized spacial score (nSPS) is 31.9. The SMILES string of the molecule is C=CCCC1CCC(c2cc3c(c(F)c2F)C2C(F)=C(OCC4CCC(C=C)CC4)C=CC32)CC1. The second-order valence-electron chi connectivity index (χ2n) is 11.1. The van der Waals surface area contributed by atoms with Crippen LogP contribution in [0.15, 0.2) is 55.1 Å². The summed E-state index contributed by atoms with van der Waals surface area (Å²) in [5.74, 6) is -1.27. The highest BCUT2D eigenvalue weighted by Crippen LogP contribution is 2.57. The standard InChI is InChI=1S/C31H37F3O/c1-3-5-6-20-11-13-22(14-12-20)24-17-25-23-15-16-26(30(33)27(23)28(25)31(34)29(24)32)35-18-21-9-7-19(4-2)8-10-21/h3-4,15-17,19-23,27H,1-2,5-14,18H2. The van der Waals surface area contributed by atoms with Crippen molar-refractivity contribution in [1.29, 1.82) is 0 Å². The molecule has 0 aromatic heterocycles. The van der Waals surface area contributed by atoms with Gasteiger partial charge >= 0.3 is 0 Å². The van der Waals surface area contributed by atoms with E-state index in [2.05, 4.69) is 13.2 Å². The molecule has 2 fully saturated rings. The van der Waals surface area contributed by atoms with Crippen LogP contribution in [0, 0.1) is 29.4 Å². The molecule has 0 radical (unpaired) electrons. The maximum absolute atomic E-state index is 15.4. The minimum Gasteiger partial charge on any atom is -0.491 e. The molecule has 0 spiro atoms. The van der Waals surface area contributed by atoms with Gasteiger partial charge in [0.05, 0.1) is 12.5 Å².